The third-order valence-corrected chi connectivity index (χ3v) is 11.0. The van der Waals surface area contributed by atoms with E-state index in [4.69, 9.17) is 14.5 Å². The van der Waals surface area contributed by atoms with Gasteiger partial charge in [0.05, 0.1) is 37.6 Å². The van der Waals surface area contributed by atoms with Crippen LogP contribution in [0, 0.1) is 0 Å². The highest BCUT2D eigenvalue weighted by Gasteiger charge is 2.45. The van der Waals surface area contributed by atoms with E-state index < -0.39 is 17.9 Å². The number of carbonyl (C=O) groups excluding carboxylic acids is 3. The number of imide groups is 1. The molecule has 2 fully saturated rings. The molecule has 0 bridgehead atoms. The summed E-state index contributed by atoms with van der Waals surface area (Å²) in [6.07, 6.45) is 8.65. The Hall–Kier alpha value is -5.47. The fourth-order valence-electron chi connectivity index (χ4n) is 7.90. The van der Waals surface area contributed by atoms with Gasteiger partial charge in [0.25, 0.3) is 11.8 Å². The number of aromatic amines is 1. The van der Waals surface area contributed by atoms with E-state index in [1.54, 1.807) is 18.2 Å². The van der Waals surface area contributed by atoms with Gasteiger partial charge in [-0.05, 0) is 68.1 Å². The van der Waals surface area contributed by atoms with Gasteiger partial charge in [0, 0.05) is 102 Å². The van der Waals surface area contributed by atoms with E-state index in [1.165, 1.54) is 5.39 Å². The number of aryl methyl sites for hydroxylation is 1. The zero-order valence-electron chi connectivity index (χ0n) is 31.6. The average molecular weight is 757 g/mol. The van der Waals surface area contributed by atoms with E-state index in [9.17, 15) is 14.4 Å². The van der Waals surface area contributed by atoms with Gasteiger partial charge in [0.2, 0.25) is 5.91 Å². The molecule has 3 aromatic heterocycles. The maximum Gasteiger partial charge on any atom is 0.264 e. The second-order valence-corrected chi connectivity index (χ2v) is 14.6. The molecule has 3 aliphatic rings. The number of nitrogens with one attached hydrogen (secondary N) is 3. The predicted molar refractivity (Wildman–Crippen MR) is 215 cm³/mol. The zero-order chi connectivity index (χ0) is 38.4. The molecule has 13 nitrogen and oxygen atoms in total. The van der Waals surface area contributed by atoms with Crippen molar-refractivity contribution < 1.29 is 23.9 Å². The summed E-state index contributed by atoms with van der Waals surface area (Å²) in [4.78, 5) is 57.5. The Kier molecular flexibility index (Phi) is 11.5. The number of pyridine rings is 2. The Morgan fingerprint density at radius 3 is 2.43 bits per heavy atom. The molecule has 6 heterocycles. The number of amides is 3. The third-order valence-electron chi connectivity index (χ3n) is 11.0. The summed E-state index contributed by atoms with van der Waals surface area (Å²) < 4.78 is 11.6. The van der Waals surface area contributed by atoms with Crippen molar-refractivity contribution in [3.05, 3.63) is 102 Å². The van der Waals surface area contributed by atoms with Gasteiger partial charge >= 0.3 is 0 Å². The number of aromatic nitrogens is 3. The molecule has 13 heteroatoms. The molecule has 56 heavy (non-hydrogen) atoms. The quantitative estimate of drug-likeness (QED) is 0.0944. The number of allylic oxidation sites excluding steroid dienone is 1. The van der Waals surface area contributed by atoms with Crippen LogP contribution in [-0.2, 0) is 20.7 Å². The van der Waals surface area contributed by atoms with Crippen molar-refractivity contribution in [2.24, 2.45) is 0 Å². The minimum absolute atomic E-state index is 0.299. The first kappa shape index (κ1) is 37.5. The number of piperidine rings is 1. The Morgan fingerprint density at radius 2 is 1.62 bits per heavy atom. The topological polar surface area (TPSA) is 145 Å². The number of hydrogen-bond acceptors (Lipinski definition) is 10. The van der Waals surface area contributed by atoms with E-state index in [0.717, 1.165) is 90.3 Å². The van der Waals surface area contributed by atoms with Crippen LogP contribution in [-0.4, -0.2) is 126 Å². The Labute approximate surface area is 326 Å². The third kappa shape index (κ3) is 8.21. The number of nitrogens with zero attached hydrogens (tertiary/aromatic N) is 5. The molecule has 2 aromatic carbocycles. The van der Waals surface area contributed by atoms with Gasteiger partial charge in [0.15, 0.2) is 0 Å². The van der Waals surface area contributed by atoms with Gasteiger partial charge in [-0.15, -0.1) is 0 Å². The summed E-state index contributed by atoms with van der Waals surface area (Å²) in [5, 5.41) is 8.22. The molecule has 1 unspecified atom stereocenters. The van der Waals surface area contributed by atoms with Crippen LogP contribution in [0.25, 0.3) is 32.9 Å². The molecule has 3 N–H and O–H groups in total. The fraction of sp³-hybridized carbons (Fsp3) is 0.372. The van der Waals surface area contributed by atoms with Crippen molar-refractivity contribution >= 4 is 45.2 Å². The van der Waals surface area contributed by atoms with Crippen molar-refractivity contribution in [1.82, 2.24) is 35.0 Å². The van der Waals surface area contributed by atoms with Crippen molar-refractivity contribution in [2.75, 3.05) is 77.6 Å². The highest BCUT2D eigenvalue weighted by Crippen LogP contribution is 2.33. The number of carbonyl (C=O) groups is 3. The van der Waals surface area contributed by atoms with E-state index in [-0.39, 0.29) is 5.91 Å². The van der Waals surface area contributed by atoms with Crippen LogP contribution in [0.4, 0.5) is 5.69 Å². The molecule has 290 valence electrons. The van der Waals surface area contributed by atoms with Crippen LogP contribution in [0.3, 0.4) is 0 Å². The minimum atomic E-state index is -0.836. The number of benzene rings is 2. The number of ether oxygens (including phenoxy) is 2. The van der Waals surface area contributed by atoms with E-state index in [1.807, 2.05) is 24.7 Å². The SMILES string of the molecule is C=C1CCC(N2C(=O)c3cccc(NCCOCCOCCN4CCN(CCCc5ccc(-c6ccc7c(c6)[nH]c6ccncc67)cn5)CC4)c3C2=O)C(=O)N1. The van der Waals surface area contributed by atoms with Crippen molar-refractivity contribution in [1.29, 1.82) is 0 Å². The first-order valence-electron chi connectivity index (χ1n) is 19.6. The van der Waals surface area contributed by atoms with Crippen molar-refractivity contribution in [2.45, 2.75) is 31.7 Å². The molecule has 2 saturated heterocycles. The highest BCUT2D eigenvalue weighted by molar-refractivity contribution is 6.25. The van der Waals surface area contributed by atoms with Gasteiger partial charge in [-0.2, -0.15) is 0 Å². The molecule has 0 saturated carbocycles. The van der Waals surface area contributed by atoms with Crippen LogP contribution in [0.15, 0.2) is 85.5 Å². The summed E-state index contributed by atoms with van der Waals surface area (Å²) >= 11 is 0. The predicted octanol–water partition coefficient (Wildman–Crippen LogP) is 4.86. The van der Waals surface area contributed by atoms with Crippen molar-refractivity contribution in [3.8, 4) is 11.1 Å². The standard InChI is InChI=1S/C43H48N8O5/c1-29-7-12-39(41(52)47-29)51-42(53)34-5-2-6-37(40(34)43(51)54)45-15-22-55-24-25-56-23-21-50-19-17-49(18-20-50)16-3-4-32-10-8-31(27-46-32)30-9-11-33-35-28-44-14-13-36(35)48-38(33)26-30/h2,5-6,8-11,13-14,26-28,39,45,48H,1,3-4,7,12,15-25H2,(H,47,52). The summed E-state index contributed by atoms with van der Waals surface area (Å²) in [5.41, 5.74) is 7.36. The lowest BCUT2D eigenvalue weighted by Crippen LogP contribution is -2.51. The molecule has 0 spiro atoms. The molecule has 3 aliphatic heterocycles. The zero-order valence-corrected chi connectivity index (χ0v) is 31.6. The number of hydrogen-bond donors (Lipinski definition) is 3. The van der Waals surface area contributed by atoms with Gasteiger partial charge < -0.3 is 30.0 Å². The van der Waals surface area contributed by atoms with Gasteiger partial charge in [-0.25, -0.2) is 0 Å². The lowest BCUT2D eigenvalue weighted by atomic mass is 10.0. The van der Waals surface area contributed by atoms with Crippen LogP contribution < -0.4 is 10.6 Å². The number of H-pyrrole nitrogens is 1. The maximum absolute atomic E-state index is 13.3. The lowest BCUT2D eigenvalue weighted by Gasteiger charge is -2.34. The van der Waals surface area contributed by atoms with E-state index in [0.29, 0.717) is 68.3 Å². The monoisotopic (exact) mass is 756 g/mol. The van der Waals surface area contributed by atoms with E-state index >= 15 is 0 Å². The molecular formula is C43H48N8O5. The van der Waals surface area contributed by atoms with Gasteiger partial charge in [-0.3, -0.25) is 34.2 Å². The van der Waals surface area contributed by atoms with Crippen LogP contribution in [0.2, 0.25) is 0 Å². The molecular weight excluding hydrogens is 709 g/mol. The maximum atomic E-state index is 13.3. The Bertz CT molecular complexity index is 2230. The second-order valence-electron chi connectivity index (χ2n) is 14.6. The Balaban J connectivity index is 0.674. The summed E-state index contributed by atoms with van der Waals surface area (Å²) in [6, 6.07) is 17.1. The Morgan fingerprint density at radius 1 is 0.821 bits per heavy atom. The molecule has 0 aliphatic carbocycles. The first-order valence-corrected chi connectivity index (χ1v) is 19.6. The van der Waals surface area contributed by atoms with Gasteiger partial charge in [-0.1, -0.05) is 30.8 Å². The number of piperazine rings is 1. The largest absolute Gasteiger partial charge is 0.382 e. The lowest BCUT2D eigenvalue weighted by molar-refractivity contribution is -0.125. The number of anilines is 1. The van der Waals surface area contributed by atoms with Crippen LogP contribution in [0.5, 0.6) is 0 Å². The normalized spacial score (nSPS) is 17.9. The van der Waals surface area contributed by atoms with E-state index in [2.05, 4.69) is 67.3 Å². The summed E-state index contributed by atoms with van der Waals surface area (Å²) in [7, 11) is 0. The summed E-state index contributed by atoms with van der Waals surface area (Å²) in [6.45, 7) is 12.4. The molecule has 8 rings (SSSR count). The average Bonchev–Trinajstić information content (AvgIpc) is 3.71. The molecule has 3 amide bonds. The smallest absolute Gasteiger partial charge is 0.264 e. The highest BCUT2D eigenvalue weighted by atomic mass is 16.5. The molecule has 1 atom stereocenters. The van der Waals surface area contributed by atoms with Gasteiger partial charge in [0.1, 0.15) is 6.04 Å². The number of rotatable bonds is 16. The van der Waals surface area contributed by atoms with Crippen LogP contribution >= 0.6 is 0 Å². The fourth-order valence-corrected chi connectivity index (χ4v) is 7.90. The minimum Gasteiger partial charge on any atom is -0.382 e. The number of fused-ring (bicyclic) bond motifs is 4. The first-order chi connectivity index (χ1) is 27.4. The van der Waals surface area contributed by atoms with Crippen molar-refractivity contribution in [3.63, 3.8) is 0 Å². The van der Waals surface area contributed by atoms with Crippen LogP contribution in [0.1, 0.15) is 45.7 Å². The summed E-state index contributed by atoms with van der Waals surface area (Å²) in [5.74, 6) is -1.28. The second kappa shape index (κ2) is 17.1. The molecule has 0 radical (unpaired) electrons. The molecule has 5 aromatic rings.